The molecule has 102 valence electrons. The zero-order chi connectivity index (χ0) is 13.8. The van der Waals surface area contributed by atoms with Crippen LogP contribution >= 0.6 is 0 Å². The summed E-state index contributed by atoms with van der Waals surface area (Å²) < 4.78 is 1.92. The third-order valence-electron chi connectivity index (χ3n) is 3.41. The van der Waals surface area contributed by atoms with Crippen LogP contribution < -0.4 is 5.32 Å². The third-order valence-corrected chi connectivity index (χ3v) is 3.41. The molecule has 4 nitrogen and oxygen atoms in total. The van der Waals surface area contributed by atoms with E-state index in [0.717, 1.165) is 30.0 Å². The number of benzene rings is 1. The Kier molecular flexibility index (Phi) is 4.32. The number of aryl methyl sites for hydroxylation is 1. The predicted octanol–water partition coefficient (Wildman–Crippen LogP) is 2.81. The topological polar surface area (TPSA) is 42.7 Å². The molecule has 2 aromatic rings. The lowest BCUT2D eigenvalue weighted by molar-refractivity contribution is 0.579. The Morgan fingerprint density at radius 1 is 1.32 bits per heavy atom. The van der Waals surface area contributed by atoms with Crippen LogP contribution in [0.3, 0.4) is 0 Å². The molecule has 0 spiro atoms. The number of nitrogens with one attached hydrogen (secondary N) is 1. The smallest absolute Gasteiger partial charge is 0.103 e. The largest absolute Gasteiger partial charge is 0.309 e. The van der Waals surface area contributed by atoms with Crippen molar-refractivity contribution in [2.45, 2.75) is 40.2 Å². The van der Waals surface area contributed by atoms with Gasteiger partial charge in [0.1, 0.15) is 5.69 Å². The molecule has 0 aliphatic rings. The fraction of sp³-hybridized carbons (Fsp3) is 0.467. The van der Waals surface area contributed by atoms with Gasteiger partial charge in [-0.05, 0) is 44.5 Å². The summed E-state index contributed by atoms with van der Waals surface area (Å²) in [7, 11) is 0. The Balaban J connectivity index is 2.35. The molecule has 0 aliphatic carbocycles. The maximum atomic E-state index is 4.32. The van der Waals surface area contributed by atoms with Gasteiger partial charge < -0.3 is 5.32 Å². The summed E-state index contributed by atoms with van der Waals surface area (Å²) in [5, 5.41) is 12.0. The quantitative estimate of drug-likeness (QED) is 0.896. The molecule has 1 N–H and O–H groups in total. The lowest BCUT2D eigenvalue weighted by Crippen LogP contribution is -2.19. The van der Waals surface area contributed by atoms with Gasteiger partial charge in [0.15, 0.2) is 0 Å². The van der Waals surface area contributed by atoms with E-state index in [2.05, 4.69) is 67.6 Å². The normalized spacial score (nSPS) is 12.6. The van der Waals surface area contributed by atoms with Gasteiger partial charge in [-0.3, -0.25) is 0 Å². The highest BCUT2D eigenvalue weighted by Crippen LogP contribution is 2.18. The second kappa shape index (κ2) is 5.97. The van der Waals surface area contributed by atoms with Crippen LogP contribution in [0, 0.1) is 6.92 Å². The molecule has 0 saturated heterocycles. The molecule has 0 radical (unpaired) electrons. The molecule has 1 heterocycles. The molecular weight excluding hydrogens is 236 g/mol. The fourth-order valence-corrected chi connectivity index (χ4v) is 2.30. The molecule has 0 fully saturated rings. The number of nitrogens with zero attached hydrogens (tertiary/aromatic N) is 3. The highest BCUT2D eigenvalue weighted by atomic mass is 15.4. The summed E-state index contributed by atoms with van der Waals surface area (Å²) in [4.78, 5) is 0. The lowest BCUT2D eigenvalue weighted by Gasteiger charge is -2.10. The van der Waals surface area contributed by atoms with E-state index >= 15 is 0 Å². The number of hydrogen-bond acceptors (Lipinski definition) is 3. The molecule has 19 heavy (non-hydrogen) atoms. The molecule has 0 bridgehead atoms. The lowest BCUT2D eigenvalue weighted by atomic mass is 10.1. The molecule has 0 saturated carbocycles. The molecule has 0 amide bonds. The van der Waals surface area contributed by atoms with E-state index in [1.54, 1.807) is 0 Å². The Morgan fingerprint density at radius 2 is 2.11 bits per heavy atom. The summed E-state index contributed by atoms with van der Waals surface area (Å²) in [6.07, 6.45) is 1.03. The Labute approximate surface area is 114 Å². The van der Waals surface area contributed by atoms with Crippen LogP contribution in [0.15, 0.2) is 24.3 Å². The van der Waals surface area contributed by atoms with Crippen LogP contribution in [0.1, 0.15) is 43.8 Å². The van der Waals surface area contributed by atoms with Crippen LogP contribution in [-0.4, -0.2) is 21.5 Å². The monoisotopic (exact) mass is 258 g/mol. The standard InChI is InChI=1S/C15H22N4/c1-5-13-8-7-9-14(10-13)19-12(4)15(17-18-19)11(3)16-6-2/h7-11,16H,5-6H2,1-4H3. The molecule has 1 aromatic carbocycles. The Hall–Kier alpha value is -1.68. The maximum Gasteiger partial charge on any atom is 0.103 e. The molecule has 0 aliphatic heterocycles. The van der Waals surface area contributed by atoms with Crippen molar-refractivity contribution in [1.29, 1.82) is 0 Å². The first-order valence-corrected chi connectivity index (χ1v) is 6.92. The molecule has 2 rings (SSSR count). The van der Waals surface area contributed by atoms with Gasteiger partial charge in [0.25, 0.3) is 0 Å². The predicted molar refractivity (Wildman–Crippen MR) is 77.6 cm³/mol. The number of hydrogen-bond donors (Lipinski definition) is 1. The van der Waals surface area contributed by atoms with Crippen LogP contribution in [-0.2, 0) is 6.42 Å². The number of aromatic nitrogens is 3. The minimum Gasteiger partial charge on any atom is -0.309 e. The van der Waals surface area contributed by atoms with Crippen molar-refractivity contribution in [3.63, 3.8) is 0 Å². The van der Waals surface area contributed by atoms with Gasteiger partial charge in [0.2, 0.25) is 0 Å². The van der Waals surface area contributed by atoms with Crippen LogP contribution in [0.4, 0.5) is 0 Å². The van der Waals surface area contributed by atoms with Crippen LogP contribution in [0.2, 0.25) is 0 Å². The molecule has 1 atom stereocenters. The average Bonchev–Trinajstić information content (AvgIpc) is 2.81. The van der Waals surface area contributed by atoms with Crippen LogP contribution in [0.5, 0.6) is 0 Å². The van der Waals surface area contributed by atoms with Gasteiger partial charge in [0.05, 0.1) is 17.4 Å². The van der Waals surface area contributed by atoms with Gasteiger partial charge in [0, 0.05) is 0 Å². The van der Waals surface area contributed by atoms with Crippen molar-refractivity contribution in [3.8, 4) is 5.69 Å². The molecular formula is C15H22N4. The highest BCUT2D eigenvalue weighted by molar-refractivity contribution is 5.37. The summed E-state index contributed by atoms with van der Waals surface area (Å²) in [6.45, 7) is 9.38. The summed E-state index contributed by atoms with van der Waals surface area (Å²) in [5.41, 5.74) is 4.51. The van der Waals surface area contributed by atoms with E-state index in [-0.39, 0.29) is 6.04 Å². The maximum absolute atomic E-state index is 4.32. The van der Waals surface area contributed by atoms with Crippen molar-refractivity contribution >= 4 is 0 Å². The summed E-state index contributed by atoms with van der Waals surface area (Å²) in [5.74, 6) is 0. The molecule has 1 aromatic heterocycles. The van der Waals surface area contributed by atoms with Crippen molar-refractivity contribution in [3.05, 3.63) is 41.2 Å². The van der Waals surface area contributed by atoms with Gasteiger partial charge in [-0.2, -0.15) is 0 Å². The van der Waals surface area contributed by atoms with Crippen molar-refractivity contribution in [2.75, 3.05) is 6.54 Å². The summed E-state index contributed by atoms with van der Waals surface area (Å²) >= 11 is 0. The van der Waals surface area contributed by atoms with E-state index in [1.807, 2.05) is 4.68 Å². The second-order valence-electron chi connectivity index (χ2n) is 4.77. The van der Waals surface area contributed by atoms with Crippen molar-refractivity contribution in [2.24, 2.45) is 0 Å². The number of rotatable bonds is 5. The molecule has 1 unspecified atom stereocenters. The van der Waals surface area contributed by atoms with E-state index < -0.39 is 0 Å². The minimum absolute atomic E-state index is 0.230. The van der Waals surface area contributed by atoms with Crippen LogP contribution in [0.25, 0.3) is 5.69 Å². The Morgan fingerprint density at radius 3 is 2.79 bits per heavy atom. The average molecular weight is 258 g/mol. The van der Waals surface area contributed by atoms with Crippen molar-refractivity contribution in [1.82, 2.24) is 20.3 Å². The van der Waals surface area contributed by atoms with E-state index in [4.69, 9.17) is 0 Å². The summed E-state index contributed by atoms with van der Waals surface area (Å²) in [6, 6.07) is 8.68. The first-order valence-electron chi connectivity index (χ1n) is 6.92. The van der Waals surface area contributed by atoms with Gasteiger partial charge in [-0.15, -0.1) is 5.10 Å². The van der Waals surface area contributed by atoms with E-state index in [0.29, 0.717) is 0 Å². The van der Waals surface area contributed by atoms with E-state index in [1.165, 1.54) is 5.56 Å². The van der Waals surface area contributed by atoms with Gasteiger partial charge in [-0.1, -0.05) is 31.2 Å². The first kappa shape index (κ1) is 13.7. The van der Waals surface area contributed by atoms with Crippen molar-refractivity contribution < 1.29 is 0 Å². The second-order valence-corrected chi connectivity index (χ2v) is 4.77. The van der Waals surface area contributed by atoms with Gasteiger partial charge in [-0.25, -0.2) is 4.68 Å². The first-order chi connectivity index (χ1) is 9.17. The minimum atomic E-state index is 0.230. The SMILES string of the molecule is CCNC(C)c1nnn(-c2cccc(CC)c2)c1C. The highest BCUT2D eigenvalue weighted by Gasteiger charge is 2.15. The third kappa shape index (κ3) is 2.84. The van der Waals surface area contributed by atoms with E-state index in [9.17, 15) is 0 Å². The zero-order valence-electron chi connectivity index (χ0n) is 12.1. The fourth-order valence-electron chi connectivity index (χ4n) is 2.30. The molecule has 4 heteroatoms. The zero-order valence-corrected chi connectivity index (χ0v) is 12.1. The van der Waals surface area contributed by atoms with Gasteiger partial charge >= 0.3 is 0 Å². The Bertz CT molecular complexity index is 545.